The van der Waals surface area contributed by atoms with Crippen LogP contribution in [-0.4, -0.2) is 23.7 Å². The fourth-order valence-corrected chi connectivity index (χ4v) is 2.55. The summed E-state index contributed by atoms with van der Waals surface area (Å²) in [6.07, 6.45) is 5.81. The summed E-state index contributed by atoms with van der Waals surface area (Å²) in [4.78, 5) is 22.6. The molecule has 0 spiro atoms. The number of hydrogen-bond donors (Lipinski definition) is 3. The smallest absolute Gasteiger partial charge is 0.335 e. The zero-order valence-electron chi connectivity index (χ0n) is 11.7. The van der Waals surface area contributed by atoms with Crippen molar-refractivity contribution in [1.82, 2.24) is 5.32 Å². The summed E-state index contributed by atoms with van der Waals surface area (Å²) in [7, 11) is 0. The van der Waals surface area contributed by atoms with E-state index in [4.69, 9.17) is 5.11 Å². The average Bonchev–Trinajstić information content (AvgIpc) is 2.48. The van der Waals surface area contributed by atoms with Crippen LogP contribution in [0.3, 0.4) is 0 Å². The first kappa shape index (κ1) is 15.3. The van der Waals surface area contributed by atoms with E-state index in [1.807, 2.05) is 0 Å². The Morgan fingerprint density at radius 3 is 2.62 bits per heavy atom. The van der Waals surface area contributed by atoms with Gasteiger partial charge in [0.15, 0.2) is 0 Å². The molecule has 2 amide bonds. The number of hydrogen-bond acceptors (Lipinski definition) is 2. The SMILES string of the molecule is O=C(NCC1CCCCC1)Nc1cc(C(=O)O)ccc1F. The third-order valence-corrected chi connectivity index (χ3v) is 3.74. The maximum atomic E-state index is 13.6. The Kier molecular flexibility index (Phi) is 5.14. The zero-order chi connectivity index (χ0) is 15.2. The molecule has 0 saturated heterocycles. The Morgan fingerprint density at radius 2 is 1.95 bits per heavy atom. The number of urea groups is 1. The zero-order valence-corrected chi connectivity index (χ0v) is 11.7. The van der Waals surface area contributed by atoms with E-state index in [2.05, 4.69) is 10.6 Å². The molecular formula is C15H19FN2O3. The van der Waals surface area contributed by atoms with E-state index in [1.54, 1.807) is 0 Å². The average molecular weight is 294 g/mol. The number of halogens is 1. The summed E-state index contributed by atoms with van der Waals surface area (Å²) < 4.78 is 13.6. The molecule has 3 N–H and O–H groups in total. The van der Waals surface area contributed by atoms with E-state index >= 15 is 0 Å². The molecule has 0 unspecified atom stereocenters. The molecule has 0 aliphatic heterocycles. The van der Waals surface area contributed by atoms with Gasteiger partial charge < -0.3 is 15.7 Å². The predicted octanol–water partition coefficient (Wildman–Crippen LogP) is 3.23. The van der Waals surface area contributed by atoms with Crippen molar-refractivity contribution in [3.63, 3.8) is 0 Å². The second-order valence-electron chi connectivity index (χ2n) is 5.34. The molecule has 1 saturated carbocycles. The first-order valence-corrected chi connectivity index (χ1v) is 7.14. The lowest BCUT2D eigenvalue weighted by molar-refractivity contribution is 0.0697. The quantitative estimate of drug-likeness (QED) is 0.797. The molecule has 0 heterocycles. The van der Waals surface area contributed by atoms with Crippen molar-refractivity contribution in [2.24, 2.45) is 5.92 Å². The van der Waals surface area contributed by atoms with Gasteiger partial charge in [0.2, 0.25) is 0 Å². The van der Waals surface area contributed by atoms with Crippen molar-refractivity contribution < 1.29 is 19.1 Å². The van der Waals surface area contributed by atoms with Crippen molar-refractivity contribution in [1.29, 1.82) is 0 Å². The largest absolute Gasteiger partial charge is 0.478 e. The van der Waals surface area contributed by atoms with Crippen LogP contribution in [0, 0.1) is 11.7 Å². The highest BCUT2D eigenvalue weighted by molar-refractivity contribution is 5.93. The van der Waals surface area contributed by atoms with Gasteiger partial charge in [0, 0.05) is 6.54 Å². The van der Waals surface area contributed by atoms with Crippen molar-refractivity contribution in [3.8, 4) is 0 Å². The molecule has 2 rings (SSSR count). The van der Waals surface area contributed by atoms with Gasteiger partial charge in [-0.2, -0.15) is 0 Å². The fourth-order valence-electron chi connectivity index (χ4n) is 2.55. The minimum atomic E-state index is -1.17. The fraction of sp³-hybridized carbons (Fsp3) is 0.467. The molecule has 1 aromatic carbocycles. The molecule has 1 aromatic rings. The maximum Gasteiger partial charge on any atom is 0.335 e. The van der Waals surface area contributed by atoms with Crippen molar-refractivity contribution >= 4 is 17.7 Å². The molecule has 5 nitrogen and oxygen atoms in total. The van der Waals surface area contributed by atoms with Crippen LogP contribution in [0.15, 0.2) is 18.2 Å². The topological polar surface area (TPSA) is 78.4 Å². The lowest BCUT2D eigenvalue weighted by Gasteiger charge is -2.21. The van der Waals surface area contributed by atoms with Gasteiger partial charge in [-0.25, -0.2) is 14.0 Å². The predicted molar refractivity (Wildman–Crippen MR) is 77.0 cm³/mol. The van der Waals surface area contributed by atoms with Crippen LogP contribution in [0.4, 0.5) is 14.9 Å². The number of carbonyl (C=O) groups is 2. The normalized spacial score (nSPS) is 15.5. The van der Waals surface area contributed by atoms with E-state index in [9.17, 15) is 14.0 Å². The second-order valence-corrected chi connectivity index (χ2v) is 5.34. The molecule has 1 aliphatic carbocycles. The number of carboxylic acid groups (broad SMARTS) is 1. The molecule has 1 fully saturated rings. The summed E-state index contributed by atoms with van der Waals surface area (Å²) in [5.74, 6) is -1.35. The number of rotatable bonds is 4. The van der Waals surface area contributed by atoms with Crippen LogP contribution < -0.4 is 10.6 Å². The number of carbonyl (C=O) groups excluding carboxylic acids is 1. The highest BCUT2D eigenvalue weighted by Crippen LogP contribution is 2.22. The Morgan fingerprint density at radius 1 is 1.24 bits per heavy atom. The summed E-state index contributed by atoms with van der Waals surface area (Å²) in [5.41, 5.74) is -0.199. The first-order chi connectivity index (χ1) is 10.1. The maximum absolute atomic E-state index is 13.6. The number of benzene rings is 1. The molecule has 0 radical (unpaired) electrons. The van der Waals surface area contributed by atoms with Gasteiger partial charge in [-0.05, 0) is 37.0 Å². The van der Waals surface area contributed by atoms with Gasteiger partial charge in [-0.1, -0.05) is 19.3 Å². The number of amides is 2. The summed E-state index contributed by atoms with van der Waals surface area (Å²) >= 11 is 0. The lowest BCUT2D eigenvalue weighted by atomic mass is 9.89. The minimum absolute atomic E-state index is 0.0704. The molecule has 1 aliphatic rings. The number of carboxylic acids is 1. The van der Waals surface area contributed by atoms with Crippen molar-refractivity contribution in [3.05, 3.63) is 29.6 Å². The summed E-state index contributed by atoms with van der Waals surface area (Å²) in [6.45, 7) is 0.562. The van der Waals surface area contributed by atoms with Crippen molar-refractivity contribution in [2.75, 3.05) is 11.9 Å². The highest BCUT2D eigenvalue weighted by Gasteiger charge is 2.15. The second kappa shape index (κ2) is 7.06. The number of anilines is 1. The van der Waals surface area contributed by atoms with Crippen LogP contribution in [0.5, 0.6) is 0 Å². The van der Waals surface area contributed by atoms with Gasteiger partial charge in [0.25, 0.3) is 0 Å². The van der Waals surface area contributed by atoms with Crippen LogP contribution in [0.25, 0.3) is 0 Å². The van der Waals surface area contributed by atoms with Gasteiger partial charge in [-0.15, -0.1) is 0 Å². The molecule has 0 aromatic heterocycles. The van der Waals surface area contributed by atoms with Gasteiger partial charge >= 0.3 is 12.0 Å². The highest BCUT2D eigenvalue weighted by atomic mass is 19.1. The Bertz CT molecular complexity index is 528. The Labute approximate surface area is 122 Å². The first-order valence-electron chi connectivity index (χ1n) is 7.14. The van der Waals surface area contributed by atoms with Gasteiger partial charge in [-0.3, -0.25) is 0 Å². The van der Waals surface area contributed by atoms with Crippen molar-refractivity contribution in [2.45, 2.75) is 32.1 Å². The summed E-state index contributed by atoms with van der Waals surface area (Å²) in [6, 6.07) is 2.78. The minimum Gasteiger partial charge on any atom is -0.478 e. The van der Waals surface area contributed by atoms with E-state index < -0.39 is 17.8 Å². The van der Waals surface area contributed by atoms with E-state index in [-0.39, 0.29) is 11.3 Å². The monoisotopic (exact) mass is 294 g/mol. The molecule has 114 valence electrons. The standard InChI is InChI=1S/C15H19FN2O3/c16-12-7-6-11(14(19)20)8-13(12)18-15(21)17-9-10-4-2-1-3-5-10/h6-8,10H,1-5,9H2,(H,19,20)(H2,17,18,21). The van der Waals surface area contributed by atoms with E-state index in [0.717, 1.165) is 31.0 Å². The van der Waals surface area contributed by atoms with Gasteiger partial charge in [0.1, 0.15) is 5.82 Å². The van der Waals surface area contributed by atoms with Crippen LogP contribution in [0.2, 0.25) is 0 Å². The van der Waals surface area contributed by atoms with E-state index in [0.29, 0.717) is 12.5 Å². The molecule has 6 heteroatoms. The third-order valence-electron chi connectivity index (χ3n) is 3.74. The van der Waals surface area contributed by atoms with E-state index in [1.165, 1.54) is 19.3 Å². The van der Waals surface area contributed by atoms with Gasteiger partial charge in [0.05, 0.1) is 11.3 Å². The molecule has 0 atom stereocenters. The van der Waals surface area contributed by atoms with Crippen LogP contribution >= 0.6 is 0 Å². The lowest BCUT2D eigenvalue weighted by Crippen LogP contribution is -2.34. The van der Waals surface area contributed by atoms with Crippen LogP contribution in [-0.2, 0) is 0 Å². The Balaban J connectivity index is 1.89. The number of aromatic carboxylic acids is 1. The summed E-state index contributed by atoms with van der Waals surface area (Å²) in [5, 5.41) is 13.9. The molecule has 0 bridgehead atoms. The molecular weight excluding hydrogens is 275 g/mol. The Hall–Kier alpha value is -2.11. The molecule has 21 heavy (non-hydrogen) atoms. The third kappa shape index (κ3) is 4.44. The number of nitrogens with one attached hydrogen (secondary N) is 2. The van der Waals surface area contributed by atoms with Crippen LogP contribution in [0.1, 0.15) is 42.5 Å².